The Morgan fingerprint density at radius 1 is 0.793 bits per heavy atom. The van der Waals surface area contributed by atoms with E-state index in [-0.39, 0.29) is 11.3 Å². The minimum absolute atomic E-state index is 0.0127. The minimum Gasteiger partial charge on any atom is -0.390 e. The van der Waals surface area contributed by atoms with Crippen molar-refractivity contribution in [1.82, 2.24) is 0 Å². The van der Waals surface area contributed by atoms with E-state index in [0.717, 1.165) is 23.3 Å². The van der Waals surface area contributed by atoms with Crippen LogP contribution in [0.25, 0.3) is 0 Å². The summed E-state index contributed by atoms with van der Waals surface area (Å²) >= 11 is 0. The number of sulfone groups is 1. The summed E-state index contributed by atoms with van der Waals surface area (Å²) in [7, 11) is -3.87. The van der Waals surface area contributed by atoms with Crippen LogP contribution in [0.2, 0.25) is 0 Å². The maximum absolute atomic E-state index is 13.4. The van der Waals surface area contributed by atoms with Crippen LogP contribution in [0, 0.1) is 5.82 Å². The summed E-state index contributed by atoms with van der Waals surface area (Å²) in [5.41, 5.74) is 1.51. The molecule has 150 valence electrons. The van der Waals surface area contributed by atoms with E-state index in [4.69, 9.17) is 4.74 Å². The van der Waals surface area contributed by atoms with Gasteiger partial charge < -0.3 is 9.84 Å². The first-order chi connectivity index (χ1) is 14.0. The molecule has 3 aromatic carbocycles. The molecular weight excluding hydrogens is 391 g/mol. The topological polar surface area (TPSA) is 63.6 Å². The number of ether oxygens (including phenoxy) is 1. The van der Waals surface area contributed by atoms with Gasteiger partial charge in [-0.2, -0.15) is 0 Å². The first-order valence-corrected chi connectivity index (χ1v) is 10.9. The Labute approximate surface area is 169 Å². The molecule has 0 radical (unpaired) electrons. The van der Waals surface area contributed by atoms with E-state index in [1.165, 1.54) is 12.1 Å². The van der Waals surface area contributed by atoms with Crippen LogP contribution in [-0.2, 0) is 14.6 Å². The monoisotopic (exact) mass is 412 g/mol. The lowest BCUT2D eigenvalue weighted by atomic mass is 9.92. The molecule has 1 fully saturated rings. The van der Waals surface area contributed by atoms with Crippen molar-refractivity contribution in [2.24, 2.45) is 0 Å². The molecule has 1 saturated heterocycles. The van der Waals surface area contributed by atoms with Crippen LogP contribution >= 0.6 is 0 Å². The highest BCUT2D eigenvalue weighted by Crippen LogP contribution is 2.43. The van der Waals surface area contributed by atoms with Crippen LogP contribution in [0.15, 0.2) is 89.8 Å². The van der Waals surface area contributed by atoms with Crippen LogP contribution in [0.5, 0.6) is 0 Å². The van der Waals surface area contributed by atoms with Crippen molar-refractivity contribution >= 4 is 9.84 Å². The number of halogens is 1. The quantitative estimate of drug-likeness (QED) is 0.652. The Morgan fingerprint density at radius 3 is 1.86 bits per heavy atom. The second kappa shape index (κ2) is 8.06. The fourth-order valence-corrected chi connectivity index (χ4v) is 5.65. The zero-order valence-corrected chi connectivity index (χ0v) is 16.4. The Bertz CT molecular complexity index is 1050. The van der Waals surface area contributed by atoms with Crippen LogP contribution in [0.3, 0.4) is 0 Å². The van der Waals surface area contributed by atoms with Crippen molar-refractivity contribution in [2.75, 3.05) is 0 Å². The van der Waals surface area contributed by atoms with E-state index in [0.29, 0.717) is 0 Å². The van der Waals surface area contributed by atoms with Crippen LogP contribution in [0.1, 0.15) is 29.8 Å². The number of hydrogen-bond donors (Lipinski definition) is 1. The van der Waals surface area contributed by atoms with Crippen molar-refractivity contribution in [3.05, 3.63) is 102 Å². The third kappa shape index (κ3) is 3.96. The van der Waals surface area contributed by atoms with Crippen molar-refractivity contribution in [3.63, 3.8) is 0 Å². The van der Waals surface area contributed by atoms with E-state index in [2.05, 4.69) is 0 Å². The predicted molar refractivity (Wildman–Crippen MR) is 107 cm³/mol. The minimum atomic E-state index is -3.87. The lowest BCUT2D eigenvalue weighted by molar-refractivity contribution is -0.119. The van der Waals surface area contributed by atoms with Gasteiger partial charge in [-0.3, -0.25) is 0 Å². The van der Waals surface area contributed by atoms with E-state index >= 15 is 0 Å². The predicted octanol–water partition coefficient (Wildman–Crippen LogP) is 4.23. The highest BCUT2D eigenvalue weighted by Gasteiger charge is 2.45. The molecule has 4 nitrogen and oxygen atoms in total. The van der Waals surface area contributed by atoms with Gasteiger partial charge >= 0.3 is 0 Å². The standard InChI is InChI=1S/C23H21FO4S/c24-18-11-13-19(14-12-18)29(26,27)21-15-20(25)22(16-7-3-1-4-8-16)28-23(21)17-9-5-2-6-10-17/h1-14,20-23,25H,15H2/t20-,21-,22+,23-/m0/s1. The molecular formula is C23H21FO4S. The van der Waals surface area contributed by atoms with E-state index < -0.39 is 39.2 Å². The highest BCUT2D eigenvalue weighted by atomic mass is 32.2. The zero-order chi connectivity index (χ0) is 20.4. The van der Waals surface area contributed by atoms with Gasteiger partial charge in [-0.05, 0) is 41.8 Å². The lowest BCUT2D eigenvalue weighted by Gasteiger charge is -2.39. The molecule has 0 aliphatic carbocycles. The van der Waals surface area contributed by atoms with Gasteiger partial charge in [-0.25, -0.2) is 12.8 Å². The SMILES string of the molecule is O=S(=O)(c1ccc(F)cc1)[C@H]1C[C@H](O)[C@@H](c2ccccc2)O[C@H]1c1ccccc1. The first kappa shape index (κ1) is 19.8. The number of aliphatic hydroxyl groups is 1. The molecule has 0 saturated carbocycles. The van der Waals surface area contributed by atoms with Gasteiger partial charge in [0.15, 0.2) is 9.84 Å². The number of hydrogen-bond acceptors (Lipinski definition) is 4. The van der Waals surface area contributed by atoms with Gasteiger partial charge in [0.25, 0.3) is 0 Å². The van der Waals surface area contributed by atoms with Gasteiger partial charge in [0.2, 0.25) is 0 Å². The number of rotatable bonds is 4. The summed E-state index contributed by atoms with van der Waals surface area (Å²) in [5.74, 6) is -0.507. The van der Waals surface area contributed by atoms with Gasteiger partial charge in [0, 0.05) is 0 Å². The Morgan fingerprint density at radius 2 is 1.31 bits per heavy atom. The lowest BCUT2D eigenvalue weighted by Crippen LogP contribution is -2.42. The van der Waals surface area contributed by atoms with E-state index in [1.807, 2.05) is 60.7 Å². The summed E-state index contributed by atoms with van der Waals surface area (Å²) in [4.78, 5) is 0.0128. The van der Waals surface area contributed by atoms with E-state index in [1.54, 1.807) is 0 Å². The van der Waals surface area contributed by atoms with Crippen molar-refractivity contribution in [3.8, 4) is 0 Å². The van der Waals surface area contributed by atoms with E-state index in [9.17, 15) is 17.9 Å². The zero-order valence-electron chi connectivity index (χ0n) is 15.6. The average molecular weight is 412 g/mol. The molecule has 1 aliphatic rings. The third-order valence-corrected chi connectivity index (χ3v) is 7.42. The maximum Gasteiger partial charge on any atom is 0.184 e. The molecule has 1 heterocycles. The maximum atomic E-state index is 13.4. The molecule has 0 unspecified atom stereocenters. The normalized spacial score (nSPS) is 24.9. The largest absolute Gasteiger partial charge is 0.390 e. The Kier molecular flexibility index (Phi) is 5.50. The fourth-order valence-electron chi connectivity index (χ4n) is 3.79. The van der Waals surface area contributed by atoms with Crippen LogP contribution in [-0.4, -0.2) is 24.9 Å². The summed E-state index contributed by atoms with van der Waals surface area (Å²) in [6.45, 7) is 0. The van der Waals surface area contributed by atoms with Crippen LogP contribution < -0.4 is 0 Å². The molecule has 0 aromatic heterocycles. The van der Waals surface area contributed by atoms with Crippen LogP contribution in [0.4, 0.5) is 4.39 Å². The molecule has 0 bridgehead atoms. The summed E-state index contributed by atoms with van der Waals surface area (Å²) in [6, 6.07) is 23.2. The molecule has 0 amide bonds. The molecule has 4 rings (SSSR count). The van der Waals surface area contributed by atoms with Gasteiger partial charge in [-0.1, -0.05) is 60.7 Å². The summed E-state index contributed by atoms with van der Waals surface area (Å²) in [5, 5.41) is 9.77. The molecule has 29 heavy (non-hydrogen) atoms. The summed E-state index contributed by atoms with van der Waals surface area (Å²) in [6.07, 6.45) is -2.38. The van der Waals surface area contributed by atoms with Crippen molar-refractivity contribution in [2.45, 2.75) is 34.9 Å². The molecule has 6 heteroatoms. The average Bonchev–Trinajstić information content (AvgIpc) is 2.75. The first-order valence-electron chi connectivity index (χ1n) is 9.39. The second-order valence-corrected chi connectivity index (χ2v) is 9.31. The van der Waals surface area contributed by atoms with Gasteiger partial charge in [0.05, 0.1) is 16.2 Å². The number of benzene rings is 3. The van der Waals surface area contributed by atoms with Crippen molar-refractivity contribution in [1.29, 1.82) is 0 Å². The molecule has 1 N–H and O–H groups in total. The van der Waals surface area contributed by atoms with Gasteiger partial charge in [-0.15, -0.1) is 0 Å². The highest BCUT2D eigenvalue weighted by molar-refractivity contribution is 7.92. The molecule has 1 aliphatic heterocycles. The Hall–Kier alpha value is -2.54. The molecule has 4 atom stereocenters. The third-order valence-electron chi connectivity index (χ3n) is 5.25. The number of aliphatic hydroxyl groups excluding tert-OH is 1. The van der Waals surface area contributed by atoms with Crippen molar-refractivity contribution < 1.29 is 22.7 Å². The Balaban J connectivity index is 1.75. The smallest absolute Gasteiger partial charge is 0.184 e. The summed E-state index contributed by atoms with van der Waals surface area (Å²) < 4.78 is 46.2. The molecule has 3 aromatic rings. The van der Waals surface area contributed by atoms with Gasteiger partial charge in [0.1, 0.15) is 18.0 Å². The second-order valence-electron chi connectivity index (χ2n) is 7.14. The molecule has 0 spiro atoms. The fraction of sp³-hybridized carbons (Fsp3) is 0.217.